The van der Waals surface area contributed by atoms with Crippen LogP contribution in [0.15, 0.2) is 30.3 Å². The molecule has 2 nitrogen and oxygen atoms in total. The van der Waals surface area contributed by atoms with Crippen molar-refractivity contribution in [3.63, 3.8) is 0 Å². The van der Waals surface area contributed by atoms with Crippen LogP contribution in [0.4, 0.5) is 0 Å². The van der Waals surface area contributed by atoms with E-state index in [0.29, 0.717) is 12.1 Å². The zero-order valence-electron chi connectivity index (χ0n) is 13.9. The van der Waals surface area contributed by atoms with Crippen molar-refractivity contribution in [1.82, 2.24) is 10.6 Å². The molecule has 1 aliphatic carbocycles. The van der Waals surface area contributed by atoms with Gasteiger partial charge in [-0.15, -0.1) is 0 Å². The number of fused-ring (bicyclic) bond motifs is 1. The van der Waals surface area contributed by atoms with Crippen molar-refractivity contribution in [3.8, 4) is 0 Å². The van der Waals surface area contributed by atoms with Crippen LogP contribution in [0.25, 0.3) is 6.08 Å². The first-order valence-corrected chi connectivity index (χ1v) is 8.37. The molecule has 21 heavy (non-hydrogen) atoms. The molecule has 2 rings (SSSR count). The Kier molecular flexibility index (Phi) is 5.60. The highest BCUT2D eigenvalue weighted by atomic mass is 15.0. The van der Waals surface area contributed by atoms with E-state index in [2.05, 4.69) is 74.7 Å². The van der Waals surface area contributed by atoms with Crippen LogP contribution in [-0.4, -0.2) is 25.2 Å². The number of benzene rings is 1. The van der Waals surface area contributed by atoms with Crippen molar-refractivity contribution in [2.24, 2.45) is 0 Å². The van der Waals surface area contributed by atoms with Crippen molar-refractivity contribution in [1.29, 1.82) is 0 Å². The van der Waals surface area contributed by atoms with Crippen LogP contribution < -0.4 is 10.6 Å². The lowest BCUT2D eigenvalue weighted by Gasteiger charge is -2.32. The minimum atomic E-state index is 0.0868. The molecule has 2 N–H and O–H groups in total. The van der Waals surface area contributed by atoms with Crippen molar-refractivity contribution >= 4 is 6.08 Å². The van der Waals surface area contributed by atoms with Crippen molar-refractivity contribution in [2.45, 2.75) is 58.0 Å². The van der Waals surface area contributed by atoms with Crippen LogP contribution >= 0.6 is 0 Å². The molecular weight excluding hydrogens is 256 g/mol. The molecule has 2 heteroatoms. The summed E-state index contributed by atoms with van der Waals surface area (Å²) < 4.78 is 0. The average molecular weight is 286 g/mol. The molecule has 116 valence electrons. The molecule has 0 amide bonds. The molecule has 2 atom stereocenters. The van der Waals surface area contributed by atoms with Gasteiger partial charge in [-0.05, 0) is 37.8 Å². The molecule has 2 unspecified atom stereocenters. The van der Waals surface area contributed by atoms with E-state index < -0.39 is 0 Å². The highest BCUT2D eigenvalue weighted by Gasteiger charge is 2.34. The van der Waals surface area contributed by atoms with Crippen molar-refractivity contribution in [2.75, 3.05) is 13.1 Å². The smallest absolute Gasteiger partial charge is 0.0390 e. The highest BCUT2D eigenvalue weighted by molar-refractivity contribution is 5.65. The first-order chi connectivity index (χ1) is 10.1. The second-order valence-electron chi connectivity index (χ2n) is 6.46. The maximum Gasteiger partial charge on any atom is 0.0390 e. The van der Waals surface area contributed by atoms with Gasteiger partial charge in [0.25, 0.3) is 0 Å². The molecule has 0 saturated heterocycles. The summed E-state index contributed by atoms with van der Waals surface area (Å²) in [6, 6.07) is 9.92. The van der Waals surface area contributed by atoms with E-state index in [1.807, 2.05) is 0 Å². The third-order valence-electron chi connectivity index (χ3n) is 4.84. The number of hydrogen-bond acceptors (Lipinski definition) is 2. The van der Waals surface area contributed by atoms with Gasteiger partial charge < -0.3 is 10.6 Å². The number of nitrogens with one attached hydrogen (secondary N) is 2. The molecule has 0 aliphatic heterocycles. The second-order valence-corrected chi connectivity index (χ2v) is 6.46. The Labute approximate surface area is 130 Å². The monoisotopic (exact) mass is 286 g/mol. The minimum absolute atomic E-state index is 0.0868. The lowest BCUT2D eigenvalue weighted by Crippen LogP contribution is -2.47. The van der Waals surface area contributed by atoms with Gasteiger partial charge in [0.2, 0.25) is 0 Å². The molecule has 1 aliphatic rings. The Bertz CT molecular complexity index is 464. The minimum Gasteiger partial charge on any atom is -0.313 e. The Morgan fingerprint density at radius 2 is 1.52 bits per heavy atom. The van der Waals surface area contributed by atoms with Gasteiger partial charge in [-0.3, -0.25) is 0 Å². The number of rotatable bonds is 8. The molecule has 1 aromatic rings. The van der Waals surface area contributed by atoms with Crippen LogP contribution in [0.2, 0.25) is 0 Å². The van der Waals surface area contributed by atoms with E-state index in [0.717, 1.165) is 13.1 Å². The van der Waals surface area contributed by atoms with E-state index in [1.54, 1.807) is 0 Å². The SMILES string of the molecule is CCC(C)NCC1(CNC(C)CC)C=Cc2ccccc21. The number of hydrogen-bond donors (Lipinski definition) is 2. The fraction of sp³-hybridized carbons (Fsp3) is 0.579. The van der Waals surface area contributed by atoms with Gasteiger partial charge in [-0.25, -0.2) is 0 Å². The maximum atomic E-state index is 3.71. The summed E-state index contributed by atoms with van der Waals surface area (Å²) in [5, 5.41) is 7.41. The predicted octanol–water partition coefficient (Wildman–Crippen LogP) is 3.73. The van der Waals surface area contributed by atoms with Gasteiger partial charge in [0.05, 0.1) is 0 Å². The Balaban J connectivity index is 2.17. The molecule has 0 heterocycles. The molecule has 0 saturated carbocycles. The second kappa shape index (κ2) is 7.24. The first-order valence-electron chi connectivity index (χ1n) is 8.37. The predicted molar refractivity (Wildman–Crippen MR) is 92.7 cm³/mol. The van der Waals surface area contributed by atoms with E-state index in [9.17, 15) is 0 Å². The normalized spacial score (nSPS) is 23.0. The van der Waals surface area contributed by atoms with Crippen molar-refractivity contribution < 1.29 is 0 Å². The third kappa shape index (κ3) is 3.75. The van der Waals surface area contributed by atoms with E-state index >= 15 is 0 Å². The van der Waals surface area contributed by atoms with E-state index in [1.165, 1.54) is 24.0 Å². The quantitative estimate of drug-likeness (QED) is 0.761. The highest BCUT2D eigenvalue weighted by Crippen LogP contribution is 2.35. The van der Waals surface area contributed by atoms with Gasteiger partial charge in [0, 0.05) is 30.6 Å². The summed E-state index contributed by atoms with van der Waals surface area (Å²) in [4.78, 5) is 0. The first kappa shape index (κ1) is 16.3. The van der Waals surface area contributed by atoms with Crippen LogP contribution in [0, 0.1) is 0 Å². The molecule has 0 bridgehead atoms. The van der Waals surface area contributed by atoms with Gasteiger partial charge in [0.15, 0.2) is 0 Å². The molecule has 0 aromatic heterocycles. The topological polar surface area (TPSA) is 24.1 Å². The summed E-state index contributed by atoms with van der Waals surface area (Å²) in [7, 11) is 0. The van der Waals surface area contributed by atoms with Crippen LogP contribution in [0.5, 0.6) is 0 Å². The Morgan fingerprint density at radius 3 is 2.10 bits per heavy atom. The van der Waals surface area contributed by atoms with Gasteiger partial charge >= 0.3 is 0 Å². The Hall–Kier alpha value is -1.12. The largest absolute Gasteiger partial charge is 0.313 e. The van der Waals surface area contributed by atoms with Gasteiger partial charge in [0.1, 0.15) is 0 Å². The molecular formula is C19H30N2. The van der Waals surface area contributed by atoms with E-state index in [-0.39, 0.29) is 5.41 Å². The zero-order valence-corrected chi connectivity index (χ0v) is 13.9. The lowest BCUT2D eigenvalue weighted by molar-refractivity contribution is 0.392. The molecule has 0 radical (unpaired) electrons. The summed E-state index contributed by atoms with van der Waals surface area (Å²) in [6.07, 6.45) is 7.01. The van der Waals surface area contributed by atoms with Gasteiger partial charge in [-0.2, -0.15) is 0 Å². The lowest BCUT2D eigenvalue weighted by atomic mass is 9.81. The fourth-order valence-electron chi connectivity index (χ4n) is 2.81. The average Bonchev–Trinajstić information content (AvgIpc) is 2.90. The Morgan fingerprint density at radius 1 is 0.952 bits per heavy atom. The van der Waals surface area contributed by atoms with Crippen LogP contribution in [0.1, 0.15) is 51.7 Å². The summed E-state index contributed by atoms with van der Waals surface area (Å²) in [6.45, 7) is 11.0. The van der Waals surface area contributed by atoms with Crippen LogP contribution in [-0.2, 0) is 5.41 Å². The summed E-state index contributed by atoms with van der Waals surface area (Å²) in [5.41, 5.74) is 2.91. The van der Waals surface area contributed by atoms with E-state index in [4.69, 9.17) is 0 Å². The summed E-state index contributed by atoms with van der Waals surface area (Å²) in [5.74, 6) is 0. The molecule has 0 fully saturated rings. The third-order valence-corrected chi connectivity index (χ3v) is 4.84. The van der Waals surface area contributed by atoms with Gasteiger partial charge in [-0.1, -0.05) is 50.3 Å². The zero-order chi connectivity index (χ0) is 15.3. The fourth-order valence-corrected chi connectivity index (χ4v) is 2.81. The van der Waals surface area contributed by atoms with Crippen molar-refractivity contribution in [3.05, 3.63) is 41.5 Å². The van der Waals surface area contributed by atoms with Crippen LogP contribution in [0.3, 0.4) is 0 Å². The maximum absolute atomic E-state index is 3.71. The molecule has 1 aromatic carbocycles. The molecule has 0 spiro atoms. The standard InChI is InChI=1S/C19H30N2/c1-5-15(3)20-13-19(14-21-16(4)6-2)12-11-17-9-7-8-10-18(17)19/h7-12,15-16,20-21H,5-6,13-14H2,1-4H3. The summed E-state index contributed by atoms with van der Waals surface area (Å²) >= 11 is 0.